The molecule has 1 aliphatic heterocycles. The Labute approximate surface area is 202 Å². The van der Waals surface area contributed by atoms with Crippen molar-refractivity contribution in [2.75, 3.05) is 28.4 Å². The number of allylic oxidation sites excluding steroid dienone is 1. The number of methoxy groups -OCH3 is 4. The Hall–Kier alpha value is -4.46. The molecule has 0 amide bonds. The maximum absolute atomic E-state index is 13.1. The summed E-state index contributed by atoms with van der Waals surface area (Å²) in [6.07, 6.45) is 1.59. The summed E-state index contributed by atoms with van der Waals surface area (Å²) in [6.45, 7) is 1.76. The molecule has 0 N–H and O–H groups in total. The van der Waals surface area contributed by atoms with Crippen LogP contribution in [0.15, 0.2) is 54.3 Å². The fraction of sp³-hybridized carbons (Fsp3) is 0.185. The summed E-state index contributed by atoms with van der Waals surface area (Å²) < 4.78 is 32.6. The highest BCUT2D eigenvalue weighted by Gasteiger charge is 2.30. The van der Waals surface area contributed by atoms with Crippen LogP contribution in [0, 0.1) is 6.92 Å². The first-order valence-corrected chi connectivity index (χ1v) is 10.6. The molecule has 1 heterocycles. The quantitative estimate of drug-likeness (QED) is 0.271. The number of fused-ring (bicyclic) bond motifs is 1. The Morgan fingerprint density at radius 3 is 2.06 bits per heavy atom. The molecule has 3 aromatic carbocycles. The minimum absolute atomic E-state index is 0.121. The third-order valence-electron chi connectivity index (χ3n) is 5.46. The van der Waals surface area contributed by atoms with E-state index in [4.69, 9.17) is 28.4 Å². The molecule has 0 bridgehead atoms. The average Bonchev–Trinajstić information content (AvgIpc) is 3.18. The smallest absolute Gasteiger partial charge is 0.343 e. The van der Waals surface area contributed by atoms with Gasteiger partial charge in [-0.2, -0.15) is 0 Å². The standard InChI is InChI=1S/C27H24O8/c1-15-10-19(34-27(29)17-6-8-18(30-2)9-7-17)14-20-24(15)25(28)21(35-20)11-16-12-22(31-3)26(33-5)23(13-16)32-4/h6-14H,1-5H3/b21-11-. The van der Waals surface area contributed by atoms with Crippen LogP contribution in [0.5, 0.6) is 34.5 Å². The van der Waals surface area contributed by atoms with Gasteiger partial charge >= 0.3 is 5.97 Å². The molecule has 0 atom stereocenters. The number of carbonyl (C=O) groups excluding carboxylic acids is 2. The molecular weight excluding hydrogens is 452 g/mol. The van der Waals surface area contributed by atoms with Crippen LogP contribution in [0.2, 0.25) is 0 Å². The molecule has 0 radical (unpaired) electrons. The van der Waals surface area contributed by atoms with E-state index in [1.54, 1.807) is 62.6 Å². The van der Waals surface area contributed by atoms with Crippen LogP contribution in [0.3, 0.4) is 0 Å². The topological polar surface area (TPSA) is 89.5 Å². The third-order valence-corrected chi connectivity index (χ3v) is 5.46. The Morgan fingerprint density at radius 1 is 0.829 bits per heavy atom. The average molecular weight is 476 g/mol. The highest BCUT2D eigenvalue weighted by molar-refractivity contribution is 6.15. The zero-order valence-corrected chi connectivity index (χ0v) is 20.0. The van der Waals surface area contributed by atoms with E-state index in [-0.39, 0.29) is 17.3 Å². The number of hydrogen-bond donors (Lipinski definition) is 0. The molecule has 8 nitrogen and oxygen atoms in total. The fourth-order valence-electron chi connectivity index (χ4n) is 3.77. The largest absolute Gasteiger partial charge is 0.497 e. The molecule has 0 saturated heterocycles. The van der Waals surface area contributed by atoms with Crippen molar-refractivity contribution in [1.82, 2.24) is 0 Å². The van der Waals surface area contributed by atoms with E-state index in [1.807, 2.05) is 0 Å². The molecule has 0 unspecified atom stereocenters. The Balaban J connectivity index is 1.61. The maximum Gasteiger partial charge on any atom is 0.343 e. The van der Waals surface area contributed by atoms with Gasteiger partial charge in [-0.15, -0.1) is 0 Å². The number of ketones is 1. The lowest BCUT2D eigenvalue weighted by Gasteiger charge is -2.13. The van der Waals surface area contributed by atoms with Crippen molar-refractivity contribution >= 4 is 17.8 Å². The number of ether oxygens (including phenoxy) is 6. The van der Waals surface area contributed by atoms with E-state index in [0.717, 1.165) is 0 Å². The molecule has 180 valence electrons. The van der Waals surface area contributed by atoms with Gasteiger partial charge in [0.05, 0.1) is 39.6 Å². The second kappa shape index (κ2) is 9.80. The Kier molecular flexibility index (Phi) is 6.64. The number of aryl methyl sites for hydroxylation is 1. The number of esters is 1. The number of hydrogen-bond acceptors (Lipinski definition) is 8. The molecule has 8 heteroatoms. The van der Waals surface area contributed by atoms with Crippen molar-refractivity contribution in [2.45, 2.75) is 6.92 Å². The summed E-state index contributed by atoms with van der Waals surface area (Å²) in [4.78, 5) is 25.6. The summed E-state index contributed by atoms with van der Waals surface area (Å²) in [5.41, 5.74) is 2.02. The normalized spacial score (nSPS) is 13.2. The number of rotatable bonds is 7. The molecule has 35 heavy (non-hydrogen) atoms. The highest BCUT2D eigenvalue weighted by atomic mass is 16.5. The van der Waals surface area contributed by atoms with E-state index < -0.39 is 5.97 Å². The molecule has 4 rings (SSSR count). The molecule has 1 aliphatic rings. The lowest BCUT2D eigenvalue weighted by atomic mass is 10.0. The van der Waals surface area contributed by atoms with Gasteiger partial charge in [-0.25, -0.2) is 4.79 Å². The minimum Gasteiger partial charge on any atom is -0.497 e. The molecule has 0 fully saturated rings. The van der Waals surface area contributed by atoms with E-state index in [0.29, 0.717) is 51.0 Å². The molecular formula is C27H24O8. The monoisotopic (exact) mass is 476 g/mol. The minimum atomic E-state index is -0.537. The molecule has 0 spiro atoms. The predicted octanol–water partition coefficient (Wildman–Crippen LogP) is 4.86. The molecule has 0 aromatic heterocycles. The van der Waals surface area contributed by atoms with Gasteiger partial charge in [-0.1, -0.05) is 0 Å². The van der Waals surface area contributed by atoms with Gasteiger partial charge in [0.1, 0.15) is 17.2 Å². The highest BCUT2D eigenvalue weighted by Crippen LogP contribution is 2.41. The summed E-state index contributed by atoms with van der Waals surface area (Å²) >= 11 is 0. The molecule has 0 aliphatic carbocycles. The van der Waals surface area contributed by atoms with Crippen molar-refractivity contribution in [3.63, 3.8) is 0 Å². The summed E-state index contributed by atoms with van der Waals surface area (Å²) in [5.74, 6) is 1.86. The summed E-state index contributed by atoms with van der Waals surface area (Å²) in [6, 6.07) is 13.1. The van der Waals surface area contributed by atoms with E-state index in [9.17, 15) is 9.59 Å². The summed E-state index contributed by atoms with van der Waals surface area (Å²) in [7, 11) is 6.09. The second-order valence-electron chi connectivity index (χ2n) is 7.63. The van der Waals surface area contributed by atoms with Crippen LogP contribution in [-0.4, -0.2) is 40.2 Å². The molecule has 3 aromatic rings. The first-order chi connectivity index (χ1) is 16.9. The Bertz CT molecular complexity index is 1300. The van der Waals surface area contributed by atoms with E-state index >= 15 is 0 Å². The number of benzene rings is 3. The molecule has 0 saturated carbocycles. The zero-order chi connectivity index (χ0) is 25.1. The van der Waals surface area contributed by atoms with Crippen molar-refractivity contribution in [3.05, 3.63) is 76.5 Å². The SMILES string of the molecule is COc1ccc(C(=O)Oc2cc(C)c3c(c2)O/C(=C\c2cc(OC)c(OC)c(OC)c2)C3=O)cc1. The van der Waals surface area contributed by atoms with Crippen molar-refractivity contribution in [3.8, 4) is 34.5 Å². The second-order valence-corrected chi connectivity index (χ2v) is 7.63. The summed E-state index contributed by atoms with van der Waals surface area (Å²) in [5, 5.41) is 0. The fourth-order valence-corrected chi connectivity index (χ4v) is 3.77. The van der Waals surface area contributed by atoms with Gasteiger partial charge in [0.2, 0.25) is 11.5 Å². The van der Waals surface area contributed by atoms with Gasteiger partial charge in [-0.3, -0.25) is 4.79 Å². The van der Waals surface area contributed by atoms with Crippen LogP contribution < -0.4 is 28.4 Å². The number of carbonyl (C=O) groups is 2. The van der Waals surface area contributed by atoms with E-state index in [1.165, 1.54) is 27.4 Å². The lowest BCUT2D eigenvalue weighted by molar-refractivity contribution is 0.0734. The van der Waals surface area contributed by atoms with Gasteiger partial charge in [0, 0.05) is 6.07 Å². The van der Waals surface area contributed by atoms with Crippen molar-refractivity contribution in [2.24, 2.45) is 0 Å². The van der Waals surface area contributed by atoms with Crippen molar-refractivity contribution in [1.29, 1.82) is 0 Å². The van der Waals surface area contributed by atoms with E-state index in [2.05, 4.69) is 0 Å². The van der Waals surface area contributed by atoms with Gasteiger partial charge < -0.3 is 28.4 Å². The van der Waals surface area contributed by atoms with Crippen LogP contribution in [0.25, 0.3) is 6.08 Å². The van der Waals surface area contributed by atoms with Gasteiger partial charge in [0.25, 0.3) is 0 Å². The lowest BCUT2D eigenvalue weighted by Crippen LogP contribution is -2.08. The van der Waals surface area contributed by atoms with Crippen LogP contribution >= 0.6 is 0 Å². The van der Waals surface area contributed by atoms with Crippen LogP contribution in [0.4, 0.5) is 0 Å². The van der Waals surface area contributed by atoms with Gasteiger partial charge in [-0.05, 0) is 66.6 Å². The zero-order valence-electron chi connectivity index (χ0n) is 20.0. The first kappa shape index (κ1) is 23.7. The first-order valence-electron chi connectivity index (χ1n) is 10.6. The third kappa shape index (κ3) is 4.63. The predicted molar refractivity (Wildman–Crippen MR) is 128 cm³/mol. The van der Waals surface area contributed by atoms with Crippen LogP contribution in [-0.2, 0) is 0 Å². The van der Waals surface area contributed by atoms with Gasteiger partial charge in [0.15, 0.2) is 17.3 Å². The number of Topliss-reactive ketones (excluding diaryl/α,β-unsaturated/α-hetero) is 1. The van der Waals surface area contributed by atoms with Crippen molar-refractivity contribution < 1.29 is 38.0 Å². The maximum atomic E-state index is 13.1. The van der Waals surface area contributed by atoms with Crippen LogP contribution in [0.1, 0.15) is 31.8 Å². The Morgan fingerprint density at radius 2 is 1.49 bits per heavy atom.